The molecular weight excluding hydrogens is 356 g/mol. The van der Waals surface area contributed by atoms with Crippen LogP contribution in [0.2, 0.25) is 0 Å². The molecule has 0 heterocycles. The molecule has 0 fully saturated rings. The van der Waals surface area contributed by atoms with Crippen LogP contribution < -0.4 is 14.2 Å². The summed E-state index contributed by atoms with van der Waals surface area (Å²) in [6.07, 6.45) is 5.20. The SMILES string of the molecule is COc1ccc(/C=C/c2cc(OCCCC(C)(C)C(=O)O)ccc2OC)cc1. The number of aliphatic carboxylic acids is 1. The van der Waals surface area contributed by atoms with E-state index in [1.165, 1.54) is 0 Å². The quantitative estimate of drug-likeness (QED) is 0.454. The number of methoxy groups -OCH3 is 2. The number of rotatable bonds is 10. The fourth-order valence-electron chi connectivity index (χ4n) is 2.64. The highest BCUT2D eigenvalue weighted by Gasteiger charge is 2.26. The largest absolute Gasteiger partial charge is 0.497 e. The second-order valence-electron chi connectivity index (χ2n) is 7.15. The van der Waals surface area contributed by atoms with Crippen molar-refractivity contribution in [1.82, 2.24) is 0 Å². The Balaban J connectivity index is 2.02. The van der Waals surface area contributed by atoms with Gasteiger partial charge in [0.1, 0.15) is 17.2 Å². The molecule has 2 rings (SSSR count). The van der Waals surface area contributed by atoms with Crippen LogP contribution in [-0.2, 0) is 4.79 Å². The minimum atomic E-state index is -0.789. The van der Waals surface area contributed by atoms with Gasteiger partial charge in [-0.05, 0) is 62.6 Å². The predicted molar refractivity (Wildman–Crippen MR) is 111 cm³/mol. The molecule has 0 aliphatic carbocycles. The first kappa shape index (κ1) is 21.4. The number of carboxylic acid groups (broad SMARTS) is 1. The minimum absolute atomic E-state index is 0.463. The molecule has 0 radical (unpaired) electrons. The van der Waals surface area contributed by atoms with E-state index in [4.69, 9.17) is 19.3 Å². The molecule has 1 N–H and O–H groups in total. The topological polar surface area (TPSA) is 65.0 Å². The Hall–Kier alpha value is -2.95. The van der Waals surface area contributed by atoms with E-state index in [2.05, 4.69) is 0 Å². The molecule has 0 saturated heterocycles. The van der Waals surface area contributed by atoms with E-state index in [-0.39, 0.29) is 0 Å². The van der Waals surface area contributed by atoms with Crippen LogP contribution >= 0.6 is 0 Å². The number of hydrogen-bond donors (Lipinski definition) is 1. The Kier molecular flexibility index (Phi) is 7.50. The van der Waals surface area contributed by atoms with E-state index >= 15 is 0 Å². The summed E-state index contributed by atoms with van der Waals surface area (Å²) >= 11 is 0. The molecular formula is C23H28O5. The third-order valence-corrected chi connectivity index (χ3v) is 4.57. The van der Waals surface area contributed by atoms with Crippen LogP contribution in [0.4, 0.5) is 0 Å². The van der Waals surface area contributed by atoms with E-state index in [1.807, 2.05) is 54.6 Å². The van der Waals surface area contributed by atoms with E-state index < -0.39 is 11.4 Å². The molecule has 0 saturated carbocycles. The average Bonchev–Trinajstić information content (AvgIpc) is 2.70. The van der Waals surface area contributed by atoms with Gasteiger partial charge in [-0.25, -0.2) is 0 Å². The Bertz CT molecular complexity index is 806. The summed E-state index contributed by atoms with van der Waals surface area (Å²) in [5.41, 5.74) is 1.21. The molecule has 0 aromatic heterocycles. The van der Waals surface area contributed by atoms with E-state index in [9.17, 15) is 4.79 Å². The molecule has 150 valence electrons. The molecule has 5 nitrogen and oxygen atoms in total. The highest BCUT2D eigenvalue weighted by Crippen LogP contribution is 2.27. The highest BCUT2D eigenvalue weighted by atomic mass is 16.5. The van der Waals surface area contributed by atoms with Gasteiger partial charge in [-0.15, -0.1) is 0 Å². The number of benzene rings is 2. The molecule has 0 spiro atoms. The maximum atomic E-state index is 11.2. The molecule has 0 unspecified atom stereocenters. The highest BCUT2D eigenvalue weighted by molar-refractivity contribution is 5.74. The maximum Gasteiger partial charge on any atom is 0.309 e. The third-order valence-electron chi connectivity index (χ3n) is 4.57. The Morgan fingerprint density at radius 2 is 1.68 bits per heavy atom. The average molecular weight is 384 g/mol. The van der Waals surface area contributed by atoms with Gasteiger partial charge in [-0.1, -0.05) is 24.3 Å². The summed E-state index contributed by atoms with van der Waals surface area (Å²) in [5, 5.41) is 9.16. The van der Waals surface area contributed by atoms with Crippen molar-refractivity contribution in [3.63, 3.8) is 0 Å². The van der Waals surface area contributed by atoms with Crippen molar-refractivity contribution in [2.24, 2.45) is 5.41 Å². The monoisotopic (exact) mass is 384 g/mol. The maximum absolute atomic E-state index is 11.2. The van der Waals surface area contributed by atoms with E-state index in [1.54, 1.807) is 28.1 Å². The van der Waals surface area contributed by atoms with Gasteiger partial charge in [0.15, 0.2) is 0 Å². The van der Waals surface area contributed by atoms with Gasteiger partial charge in [0, 0.05) is 5.56 Å². The molecule has 0 bridgehead atoms. The van der Waals surface area contributed by atoms with Crippen molar-refractivity contribution in [3.05, 3.63) is 53.6 Å². The zero-order chi connectivity index (χ0) is 20.6. The van der Waals surface area contributed by atoms with Crippen molar-refractivity contribution in [1.29, 1.82) is 0 Å². The number of carbonyl (C=O) groups is 1. The number of ether oxygens (including phenoxy) is 3. The van der Waals surface area contributed by atoms with E-state index in [0.717, 1.165) is 28.4 Å². The lowest BCUT2D eigenvalue weighted by molar-refractivity contribution is -0.147. The first-order valence-electron chi connectivity index (χ1n) is 9.22. The lowest BCUT2D eigenvalue weighted by Gasteiger charge is -2.18. The van der Waals surface area contributed by atoms with Crippen LogP contribution in [-0.4, -0.2) is 31.9 Å². The van der Waals surface area contributed by atoms with Gasteiger partial charge < -0.3 is 19.3 Å². The van der Waals surface area contributed by atoms with Crippen molar-refractivity contribution < 1.29 is 24.1 Å². The molecule has 0 amide bonds. The number of hydrogen-bond acceptors (Lipinski definition) is 4. The van der Waals surface area contributed by atoms with Gasteiger partial charge in [0.05, 0.1) is 26.2 Å². The minimum Gasteiger partial charge on any atom is -0.497 e. The standard InChI is InChI=1S/C23H28O5/c1-23(2,22(24)25)14-5-15-28-20-12-13-21(27-4)18(16-20)9-6-17-7-10-19(26-3)11-8-17/h6-13,16H,5,14-15H2,1-4H3,(H,24,25)/b9-6+. The van der Waals surface area contributed by atoms with Crippen LogP contribution in [0.3, 0.4) is 0 Å². The summed E-state index contributed by atoms with van der Waals surface area (Å²) in [4.78, 5) is 11.2. The van der Waals surface area contributed by atoms with Crippen LogP contribution in [0, 0.1) is 5.41 Å². The van der Waals surface area contributed by atoms with Crippen molar-refractivity contribution in [2.45, 2.75) is 26.7 Å². The summed E-state index contributed by atoms with van der Waals surface area (Å²) in [6, 6.07) is 13.4. The second-order valence-corrected chi connectivity index (χ2v) is 7.15. The smallest absolute Gasteiger partial charge is 0.309 e. The van der Waals surface area contributed by atoms with Gasteiger partial charge >= 0.3 is 5.97 Å². The van der Waals surface area contributed by atoms with Gasteiger partial charge in [0.25, 0.3) is 0 Å². The van der Waals surface area contributed by atoms with Crippen LogP contribution in [0.25, 0.3) is 12.2 Å². The zero-order valence-corrected chi connectivity index (χ0v) is 16.9. The summed E-state index contributed by atoms with van der Waals surface area (Å²) in [5.74, 6) is 1.51. The van der Waals surface area contributed by atoms with Crippen LogP contribution in [0.1, 0.15) is 37.8 Å². The van der Waals surface area contributed by atoms with Crippen LogP contribution in [0.5, 0.6) is 17.2 Å². The van der Waals surface area contributed by atoms with Crippen molar-refractivity contribution in [2.75, 3.05) is 20.8 Å². The normalized spacial score (nSPS) is 11.4. The Morgan fingerprint density at radius 1 is 1.00 bits per heavy atom. The van der Waals surface area contributed by atoms with Gasteiger partial charge in [-0.2, -0.15) is 0 Å². The Morgan fingerprint density at radius 3 is 2.29 bits per heavy atom. The molecule has 2 aromatic rings. The van der Waals surface area contributed by atoms with Crippen molar-refractivity contribution >= 4 is 18.1 Å². The molecule has 28 heavy (non-hydrogen) atoms. The lowest BCUT2D eigenvalue weighted by atomic mass is 9.88. The molecule has 5 heteroatoms. The van der Waals surface area contributed by atoms with Gasteiger partial charge in [-0.3, -0.25) is 4.79 Å². The summed E-state index contributed by atoms with van der Waals surface area (Å²) in [7, 11) is 3.28. The summed E-state index contributed by atoms with van der Waals surface area (Å²) < 4.78 is 16.4. The fourth-order valence-corrected chi connectivity index (χ4v) is 2.64. The van der Waals surface area contributed by atoms with Crippen molar-refractivity contribution in [3.8, 4) is 17.2 Å². The predicted octanol–water partition coefficient (Wildman–Crippen LogP) is 5.14. The van der Waals surface area contributed by atoms with Crippen LogP contribution in [0.15, 0.2) is 42.5 Å². The molecule has 2 aromatic carbocycles. The zero-order valence-electron chi connectivity index (χ0n) is 16.9. The third kappa shape index (κ3) is 6.05. The number of carboxylic acids is 1. The Labute approximate surface area is 166 Å². The lowest BCUT2D eigenvalue weighted by Crippen LogP contribution is -2.24. The molecule has 0 atom stereocenters. The second kappa shape index (κ2) is 9.83. The summed E-state index contributed by atoms with van der Waals surface area (Å²) in [6.45, 7) is 3.92. The fraction of sp³-hybridized carbons (Fsp3) is 0.348. The van der Waals surface area contributed by atoms with Gasteiger partial charge in [0.2, 0.25) is 0 Å². The first-order chi connectivity index (χ1) is 13.4. The van der Waals surface area contributed by atoms with E-state index in [0.29, 0.717) is 19.4 Å². The molecule has 0 aliphatic heterocycles. The first-order valence-corrected chi connectivity index (χ1v) is 9.22. The molecule has 0 aliphatic rings.